The van der Waals surface area contributed by atoms with Crippen LogP contribution in [0.1, 0.15) is 5.56 Å². The Hall–Kier alpha value is -1.71. The van der Waals surface area contributed by atoms with Crippen molar-refractivity contribution >= 4 is 5.84 Å². The first kappa shape index (κ1) is 9.38. The van der Waals surface area contributed by atoms with Crippen molar-refractivity contribution in [1.29, 1.82) is 5.41 Å². The Morgan fingerprint density at radius 3 is 1.92 bits per heavy atom. The molecule has 4 nitrogen and oxygen atoms in total. The number of hydrogen-bond acceptors (Lipinski definition) is 3. The van der Waals surface area contributed by atoms with Crippen molar-refractivity contribution in [3.8, 4) is 11.5 Å². The van der Waals surface area contributed by atoms with Crippen LogP contribution < -0.4 is 15.2 Å². The zero-order chi connectivity index (χ0) is 9.84. The van der Waals surface area contributed by atoms with Crippen LogP contribution >= 0.6 is 0 Å². The quantitative estimate of drug-likeness (QED) is 0.538. The van der Waals surface area contributed by atoms with Crippen LogP contribution in [0.25, 0.3) is 0 Å². The first-order valence-electron chi connectivity index (χ1n) is 3.75. The fourth-order valence-corrected chi connectivity index (χ4v) is 0.963. The van der Waals surface area contributed by atoms with Gasteiger partial charge in [-0.05, 0) is 12.1 Å². The van der Waals surface area contributed by atoms with E-state index in [4.69, 9.17) is 20.6 Å². The van der Waals surface area contributed by atoms with Crippen LogP contribution in [0.2, 0.25) is 0 Å². The molecule has 0 aromatic heterocycles. The smallest absolute Gasteiger partial charge is 0.123 e. The van der Waals surface area contributed by atoms with Gasteiger partial charge in [-0.3, -0.25) is 5.41 Å². The van der Waals surface area contributed by atoms with E-state index in [1.54, 1.807) is 32.4 Å². The molecule has 1 rings (SSSR count). The molecule has 70 valence electrons. The summed E-state index contributed by atoms with van der Waals surface area (Å²) in [7, 11) is 3.11. The van der Waals surface area contributed by atoms with E-state index in [0.29, 0.717) is 17.1 Å². The van der Waals surface area contributed by atoms with Crippen LogP contribution in [0.5, 0.6) is 11.5 Å². The highest BCUT2D eigenvalue weighted by Crippen LogP contribution is 2.21. The molecule has 0 aliphatic rings. The number of methoxy groups -OCH3 is 2. The number of rotatable bonds is 3. The lowest BCUT2D eigenvalue weighted by Gasteiger charge is -2.06. The predicted molar refractivity (Wildman–Crippen MR) is 50.6 cm³/mol. The van der Waals surface area contributed by atoms with Gasteiger partial charge in [-0.15, -0.1) is 0 Å². The van der Waals surface area contributed by atoms with Crippen molar-refractivity contribution < 1.29 is 9.47 Å². The molecule has 1 aromatic carbocycles. The van der Waals surface area contributed by atoms with E-state index in [0.717, 1.165) is 0 Å². The van der Waals surface area contributed by atoms with E-state index in [9.17, 15) is 0 Å². The van der Waals surface area contributed by atoms with Gasteiger partial charge in [0.15, 0.2) is 0 Å². The van der Waals surface area contributed by atoms with E-state index in [1.165, 1.54) is 0 Å². The lowest BCUT2D eigenvalue weighted by Crippen LogP contribution is -2.11. The van der Waals surface area contributed by atoms with Gasteiger partial charge in [0.05, 0.1) is 14.2 Å². The van der Waals surface area contributed by atoms with Crippen LogP contribution in [-0.2, 0) is 0 Å². The summed E-state index contributed by atoms with van der Waals surface area (Å²) in [6.45, 7) is 0. The number of ether oxygens (including phenoxy) is 2. The van der Waals surface area contributed by atoms with Crippen molar-refractivity contribution in [2.45, 2.75) is 0 Å². The van der Waals surface area contributed by atoms with E-state index in [1.807, 2.05) is 0 Å². The maximum atomic E-state index is 7.25. The fraction of sp³-hybridized carbons (Fsp3) is 0.222. The molecule has 0 aliphatic heterocycles. The number of nitrogens with one attached hydrogen (secondary N) is 1. The third-order valence-electron chi connectivity index (χ3n) is 1.66. The highest BCUT2D eigenvalue weighted by molar-refractivity contribution is 5.95. The van der Waals surface area contributed by atoms with Crippen LogP contribution in [0.4, 0.5) is 0 Å². The molecule has 0 fully saturated rings. The Bertz CT molecular complexity index is 301. The topological polar surface area (TPSA) is 68.3 Å². The van der Waals surface area contributed by atoms with E-state index >= 15 is 0 Å². The molecule has 0 unspecified atom stereocenters. The average Bonchev–Trinajstić information content (AvgIpc) is 2.16. The summed E-state index contributed by atoms with van der Waals surface area (Å²) < 4.78 is 10.0. The molecule has 0 saturated carbocycles. The number of amidine groups is 1. The molecule has 0 amide bonds. The minimum absolute atomic E-state index is 0.00259. The maximum absolute atomic E-state index is 7.25. The molecule has 1 aromatic rings. The highest BCUT2D eigenvalue weighted by Gasteiger charge is 2.03. The molecule has 0 spiro atoms. The van der Waals surface area contributed by atoms with Crippen molar-refractivity contribution in [3.05, 3.63) is 23.8 Å². The van der Waals surface area contributed by atoms with Crippen LogP contribution in [0, 0.1) is 5.41 Å². The highest BCUT2D eigenvalue weighted by atomic mass is 16.5. The monoisotopic (exact) mass is 180 g/mol. The zero-order valence-electron chi connectivity index (χ0n) is 7.63. The Labute approximate surface area is 76.8 Å². The van der Waals surface area contributed by atoms with Gasteiger partial charge in [-0.1, -0.05) is 0 Å². The second-order valence-corrected chi connectivity index (χ2v) is 2.52. The van der Waals surface area contributed by atoms with Gasteiger partial charge in [0.2, 0.25) is 0 Å². The van der Waals surface area contributed by atoms with Crippen molar-refractivity contribution in [2.75, 3.05) is 14.2 Å². The number of benzene rings is 1. The fourth-order valence-electron chi connectivity index (χ4n) is 0.963. The number of nitrogen functional groups attached to an aromatic ring is 1. The molecule has 13 heavy (non-hydrogen) atoms. The van der Waals surface area contributed by atoms with Gasteiger partial charge in [-0.25, -0.2) is 0 Å². The summed E-state index contributed by atoms with van der Waals surface area (Å²) in [6, 6.07) is 5.10. The number of nitrogens with two attached hydrogens (primary N) is 1. The van der Waals surface area contributed by atoms with Crippen molar-refractivity contribution in [1.82, 2.24) is 0 Å². The molecule has 0 heterocycles. The van der Waals surface area contributed by atoms with Crippen LogP contribution in [-0.4, -0.2) is 20.1 Å². The Morgan fingerprint density at radius 2 is 1.62 bits per heavy atom. The van der Waals surface area contributed by atoms with Gasteiger partial charge < -0.3 is 15.2 Å². The lowest BCUT2D eigenvalue weighted by molar-refractivity contribution is 0.394. The van der Waals surface area contributed by atoms with Gasteiger partial charge in [0.25, 0.3) is 0 Å². The summed E-state index contributed by atoms with van der Waals surface area (Å²) in [5, 5.41) is 7.25. The van der Waals surface area contributed by atoms with Gasteiger partial charge in [-0.2, -0.15) is 0 Å². The van der Waals surface area contributed by atoms with Gasteiger partial charge in [0.1, 0.15) is 17.3 Å². The Morgan fingerprint density at radius 1 is 1.15 bits per heavy atom. The zero-order valence-corrected chi connectivity index (χ0v) is 7.63. The van der Waals surface area contributed by atoms with Gasteiger partial charge in [0, 0.05) is 11.6 Å². The summed E-state index contributed by atoms with van der Waals surface area (Å²) in [4.78, 5) is 0. The van der Waals surface area contributed by atoms with Crippen LogP contribution in [0.3, 0.4) is 0 Å². The third kappa shape index (κ3) is 2.11. The Balaban J connectivity index is 3.14. The average molecular weight is 180 g/mol. The first-order valence-corrected chi connectivity index (χ1v) is 3.75. The lowest BCUT2D eigenvalue weighted by atomic mass is 10.2. The maximum Gasteiger partial charge on any atom is 0.123 e. The molecular formula is C9H12N2O2. The summed E-state index contributed by atoms with van der Waals surface area (Å²) in [5.41, 5.74) is 5.93. The van der Waals surface area contributed by atoms with Crippen molar-refractivity contribution in [3.63, 3.8) is 0 Å². The molecule has 3 N–H and O–H groups in total. The SMILES string of the molecule is COc1cc(OC)cc(C(=N)N)c1. The van der Waals surface area contributed by atoms with E-state index in [2.05, 4.69) is 0 Å². The van der Waals surface area contributed by atoms with Gasteiger partial charge >= 0.3 is 0 Å². The summed E-state index contributed by atoms with van der Waals surface area (Å²) >= 11 is 0. The Kier molecular flexibility index (Phi) is 2.74. The number of hydrogen-bond donors (Lipinski definition) is 2. The molecule has 0 radical (unpaired) electrons. The largest absolute Gasteiger partial charge is 0.497 e. The second-order valence-electron chi connectivity index (χ2n) is 2.52. The molecule has 0 aliphatic carbocycles. The predicted octanol–water partition coefficient (Wildman–Crippen LogP) is 0.988. The van der Waals surface area contributed by atoms with E-state index < -0.39 is 0 Å². The molecule has 4 heteroatoms. The molecule has 0 saturated heterocycles. The molecule has 0 bridgehead atoms. The minimum atomic E-state index is -0.00259. The second kappa shape index (κ2) is 3.80. The summed E-state index contributed by atoms with van der Waals surface area (Å²) in [5.74, 6) is 1.26. The normalized spacial score (nSPS) is 9.38. The first-order chi connectivity index (χ1) is 6.17. The van der Waals surface area contributed by atoms with E-state index in [-0.39, 0.29) is 5.84 Å². The third-order valence-corrected chi connectivity index (χ3v) is 1.66. The summed E-state index contributed by atoms with van der Waals surface area (Å²) in [6.07, 6.45) is 0. The minimum Gasteiger partial charge on any atom is -0.497 e. The molecule has 0 atom stereocenters. The standard InChI is InChI=1S/C9H12N2O2/c1-12-7-3-6(9(10)11)4-8(5-7)13-2/h3-5H,1-2H3,(H3,10,11). The van der Waals surface area contributed by atoms with Crippen molar-refractivity contribution in [2.24, 2.45) is 5.73 Å². The molecular weight excluding hydrogens is 168 g/mol. The van der Waals surface area contributed by atoms with Crippen LogP contribution in [0.15, 0.2) is 18.2 Å².